The molecule has 0 unspecified atom stereocenters. The number of aromatic nitrogens is 1. The van der Waals surface area contributed by atoms with Crippen LogP contribution in [0.5, 0.6) is 0 Å². The first-order valence-electron chi connectivity index (χ1n) is 6.02. The number of aliphatic imine (C=N–C) groups is 1. The van der Waals surface area contributed by atoms with Crippen molar-refractivity contribution in [3.63, 3.8) is 0 Å². The molecule has 0 atom stereocenters. The quantitative estimate of drug-likeness (QED) is 0.834. The molecule has 0 aliphatic carbocycles. The number of nitrogens with one attached hydrogen (secondary N) is 1. The Balaban J connectivity index is 2.02. The average Bonchev–Trinajstić information content (AvgIpc) is 2.50. The summed E-state index contributed by atoms with van der Waals surface area (Å²) in [6, 6.07) is 10.5. The number of amides is 1. The van der Waals surface area contributed by atoms with E-state index in [1.54, 1.807) is 48.9 Å². The fourth-order valence-electron chi connectivity index (χ4n) is 1.52. The van der Waals surface area contributed by atoms with E-state index in [2.05, 4.69) is 15.3 Å². The van der Waals surface area contributed by atoms with Crippen LogP contribution in [0.3, 0.4) is 0 Å². The Morgan fingerprint density at radius 1 is 1.15 bits per heavy atom. The Hall–Kier alpha value is -2.95. The molecule has 1 heterocycles. The highest BCUT2D eigenvalue weighted by atomic mass is 16.1. The van der Waals surface area contributed by atoms with Gasteiger partial charge in [-0.2, -0.15) is 0 Å². The molecule has 5 nitrogen and oxygen atoms in total. The average molecular weight is 266 g/mol. The molecule has 5 heteroatoms. The van der Waals surface area contributed by atoms with Crippen molar-refractivity contribution in [1.82, 2.24) is 4.98 Å². The first-order chi connectivity index (χ1) is 9.79. The highest BCUT2D eigenvalue weighted by Crippen LogP contribution is 2.16. The van der Waals surface area contributed by atoms with Gasteiger partial charge in [-0.05, 0) is 48.7 Å². The van der Waals surface area contributed by atoms with E-state index in [0.717, 1.165) is 5.69 Å². The van der Waals surface area contributed by atoms with Gasteiger partial charge in [0.05, 0.1) is 5.69 Å². The standard InChI is InChI=1S/C15H14N4O/c16-8-1-9-18-13-2-4-14(5-3-13)19-15(20)12-6-10-17-11-7-12/h1-11H,16H2,(H,19,20). The molecule has 1 aromatic heterocycles. The van der Waals surface area contributed by atoms with E-state index < -0.39 is 0 Å². The van der Waals surface area contributed by atoms with E-state index in [9.17, 15) is 4.79 Å². The van der Waals surface area contributed by atoms with Crippen molar-refractivity contribution in [2.45, 2.75) is 0 Å². The monoisotopic (exact) mass is 266 g/mol. The number of pyridine rings is 1. The number of hydrogen-bond acceptors (Lipinski definition) is 4. The molecule has 100 valence electrons. The summed E-state index contributed by atoms with van der Waals surface area (Å²) in [5, 5.41) is 2.80. The summed E-state index contributed by atoms with van der Waals surface area (Å²) in [6.07, 6.45) is 7.81. The normalized spacial score (nSPS) is 11.0. The van der Waals surface area contributed by atoms with Crippen LogP contribution in [0.4, 0.5) is 11.4 Å². The van der Waals surface area contributed by atoms with E-state index in [1.807, 2.05) is 12.1 Å². The fourth-order valence-corrected chi connectivity index (χ4v) is 1.52. The topological polar surface area (TPSA) is 80.4 Å². The molecule has 0 fully saturated rings. The number of anilines is 1. The van der Waals surface area contributed by atoms with Gasteiger partial charge in [-0.1, -0.05) is 0 Å². The summed E-state index contributed by atoms with van der Waals surface area (Å²) in [5.74, 6) is -0.172. The first-order valence-corrected chi connectivity index (χ1v) is 6.02. The second-order valence-electron chi connectivity index (χ2n) is 3.90. The molecule has 0 aliphatic rings. The van der Waals surface area contributed by atoms with E-state index in [-0.39, 0.29) is 5.91 Å². The zero-order valence-corrected chi connectivity index (χ0v) is 10.7. The predicted octanol–water partition coefficient (Wildman–Crippen LogP) is 2.51. The largest absolute Gasteiger partial charge is 0.405 e. The molecule has 0 aliphatic heterocycles. The molecule has 0 saturated heterocycles. The molecule has 0 spiro atoms. The Bertz CT molecular complexity index is 618. The Labute approximate surface area is 116 Å². The summed E-state index contributed by atoms with van der Waals surface area (Å²) in [6.45, 7) is 0. The third-order valence-corrected chi connectivity index (χ3v) is 2.49. The van der Waals surface area contributed by atoms with Gasteiger partial charge >= 0.3 is 0 Å². The summed E-state index contributed by atoms with van der Waals surface area (Å²) >= 11 is 0. The lowest BCUT2D eigenvalue weighted by molar-refractivity contribution is 0.102. The molecule has 1 aromatic carbocycles. The maximum absolute atomic E-state index is 11.9. The second kappa shape index (κ2) is 6.84. The fraction of sp³-hybridized carbons (Fsp3) is 0. The number of carbonyl (C=O) groups excluding carboxylic acids is 1. The molecule has 2 aromatic rings. The van der Waals surface area contributed by atoms with Crippen LogP contribution in [0.2, 0.25) is 0 Å². The number of hydrogen-bond donors (Lipinski definition) is 2. The van der Waals surface area contributed by atoms with Crippen molar-refractivity contribution in [3.05, 3.63) is 66.6 Å². The van der Waals surface area contributed by atoms with Crippen LogP contribution in [-0.4, -0.2) is 17.1 Å². The first kappa shape index (κ1) is 13.5. The minimum atomic E-state index is -0.172. The highest BCUT2D eigenvalue weighted by molar-refractivity contribution is 6.04. The molecule has 20 heavy (non-hydrogen) atoms. The summed E-state index contributed by atoms with van der Waals surface area (Å²) in [5.41, 5.74) is 7.26. The summed E-state index contributed by atoms with van der Waals surface area (Å²) in [7, 11) is 0. The van der Waals surface area contributed by atoms with Crippen LogP contribution < -0.4 is 11.1 Å². The zero-order chi connectivity index (χ0) is 14.2. The van der Waals surface area contributed by atoms with Crippen molar-refractivity contribution < 1.29 is 4.79 Å². The van der Waals surface area contributed by atoms with Crippen molar-refractivity contribution in [2.75, 3.05) is 5.32 Å². The Kier molecular flexibility index (Phi) is 4.61. The zero-order valence-electron chi connectivity index (χ0n) is 10.7. The van der Waals surface area contributed by atoms with Crippen LogP contribution >= 0.6 is 0 Å². The van der Waals surface area contributed by atoms with Crippen LogP contribution in [-0.2, 0) is 0 Å². The number of nitrogens with two attached hydrogens (primary N) is 1. The molecule has 0 saturated carbocycles. The minimum absolute atomic E-state index is 0.172. The van der Waals surface area contributed by atoms with Gasteiger partial charge in [-0.15, -0.1) is 0 Å². The van der Waals surface area contributed by atoms with Crippen molar-refractivity contribution >= 4 is 23.5 Å². The lowest BCUT2D eigenvalue weighted by atomic mass is 10.2. The Morgan fingerprint density at radius 2 is 1.85 bits per heavy atom. The highest BCUT2D eigenvalue weighted by Gasteiger charge is 2.04. The third kappa shape index (κ3) is 3.78. The number of carbonyl (C=O) groups is 1. The van der Waals surface area contributed by atoms with E-state index in [4.69, 9.17) is 5.73 Å². The van der Waals surface area contributed by atoms with Gasteiger partial charge in [0, 0.05) is 29.9 Å². The SMILES string of the molecule is NC=CC=Nc1ccc(NC(=O)c2ccncc2)cc1. The van der Waals surface area contributed by atoms with E-state index in [0.29, 0.717) is 11.3 Å². The Morgan fingerprint density at radius 3 is 2.50 bits per heavy atom. The number of nitrogens with zero attached hydrogens (tertiary/aromatic N) is 2. The van der Waals surface area contributed by atoms with Crippen molar-refractivity contribution in [3.8, 4) is 0 Å². The number of allylic oxidation sites excluding steroid dienone is 1. The maximum Gasteiger partial charge on any atom is 0.255 e. The second-order valence-corrected chi connectivity index (χ2v) is 3.90. The summed E-state index contributed by atoms with van der Waals surface area (Å²) < 4.78 is 0. The van der Waals surface area contributed by atoms with Gasteiger partial charge in [0.15, 0.2) is 0 Å². The maximum atomic E-state index is 11.9. The van der Waals surface area contributed by atoms with Crippen molar-refractivity contribution in [2.24, 2.45) is 10.7 Å². The molecular weight excluding hydrogens is 252 g/mol. The molecule has 3 N–H and O–H groups in total. The molecule has 0 radical (unpaired) electrons. The molecular formula is C15H14N4O. The lowest BCUT2D eigenvalue weighted by Gasteiger charge is -2.05. The van der Waals surface area contributed by atoms with Crippen LogP contribution in [0, 0.1) is 0 Å². The van der Waals surface area contributed by atoms with Gasteiger partial charge in [0.1, 0.15) is 0 Å². The number of rotatable bonds is 4. The van der Waals surface area contributed by atoms with Gasteiger partial charge in [0.25, 0.3) is 5.91 Å². The van der Waals surface area contributed by atoms with Gasteiger partial charge in [-0.3, -0.25) is 14.8 Å². The third-order valence-electron chi connectivity index (χ3n) is 2.49. The van der Waals surface area contributed by atoms with Crippen LogP contribution in [0.25, 0.3) is 0 Å². The van der Waals surface area contributed by atoms with Gasteiger partial charge < -0.3 is 11.1 Å². The smallest absolute Gasteiger partial charge is 0.255 e. The minimum Gasteiger partial charge on any atom is -0.405 e. The van der Waals surface area contributed by atoms with E-state index in [1.165, 1.54) is 6.20 Å². The molecule has 0 bridgehead atoms. The van der Waals surface area contributed by atoms with Gasteiger partial charge in [-0.25, -0.2) is 0 Å². The van der Waals surface area contributed by atoms with Crippen LogP contribution in [0.15, 0.2) is 66.1 Å². The molecule has 1 amide bonds. The van der Waals surface area contributed by atoms with Gasteiger partial charge in [0.2, 0.25) is 0 Å². The predicted molar refractivity (Wildman–Crippen MR) is 80.1 cm³/mol. The van der Waals surface area contributed by atoms with Crippen molar-refractivity contribution in [1.29, 1.82) is 0 Å². The number of benzene rings is 1. The lowest BCUT2D eigenvalue weighted by Crippen LogP contribution is -2.11. The van der Waals surface area contributed by atoms with Crippen LogP contribution in [0.1, 0.15) is 10.4 Å². The molecule has 2 rings (SSSR count). The van der Waals surface area contributed by atoms with E-state index >= 15 is 0 Å². The summed E-state index contributed by atoms with van der Waals surface area (Å²) in [4.78, 5) is 20.0.